The van der Waals surface area contributed by atoms with Crippen molar-refractivity contribution >= 4 is 11.4 Å². The molecule has 4 nitrogen and oxygen atoms in total. The fourth-order valence-corrected chi connectivity index (χ4v) is 3.50. The molecule has 0 fully saturated rings. The third kappa shape index (κ3) is 6.99. The van der Waals surface area contributed by atoms with Gasteiger partial charge in [0.15, 0.2) is 0 Å². The first-order valence-corrected chi connectivity index (χ1v) is 10.5. The number of alkyl halides is 15. The van der Waals surface area contributed by atoms with Gasteiger partial charge in [0.2, 0.25) is 0 Å². The third-order valence-electron chi connectivity index (χ3n) is 5.19. The van der Waals surface area contributed by atoms with E-state index in [-0.39, 0.29) is 36.4 Å². The van der Waals surface area contributed by atoms with Gasteiger partial charge in [-0.2, -0.15) is 65.9 Å². The molecule has 0 aliphatic heterocycles. The van der Waals surface area contributed by atoms with Crippen LogP contribution < -0.4 is 20.9 Å². The summed E-state index contributed by atoms with van der Waals surface area (Å²) in [5.74, 6) is -6.35. The number of halogens is 15. The van der Waals surface area contributed by atoms with Gasteiger partial charge in [0.25, 0.3) is 0 Å². The summed E-state index contributed by atoms with van der Waals surface area (Å²) in [6, 6.07) is -0.424. The zero-order chi connectivity index (χ0) is 32.2. The molecule has 0 radical (unpaired) electrons. The summed E-state index contributed by atoms with van der Waals surface area (Å²) in [5.41, 5.74) is -2.71. The van der Waals surface area contributed by atoms with Crippen molar-refractivity contribution < 1.29 is 75.3 Å². The predicted octanol–water partition coefficient (Wildman–Crippen LogP) is 9.53. The van der Waals surface area contributed by atoms with Gasteiger partial charge in [-0.15, -0.1) is 0 Å². The van der Waals surface area contributed by atoms with E-state index in [1.807, 2.05) is 0 Å². The molecule has 0 amide bonds. The SMILES string of the molecule is Nc1cc(C(F)(F)F)cc(Oc2ccc(Oc3cc(C(F)(F)F)cc(N)c3C(F)(F)F)c(C(F)(F)F)c2)c1C(F)(F)F. The maximum Gasteiger partial charge on any atom is 0.421 e. The lowest BCUT2D eigenvalue weighted by atomic mass is 10.1. The second-order valence-electron chi connectivity index (χ2n) is 8.23. The molecule has 0 saturated heterocycles. The zero-order valence-electron chi connectivity index (χ0n) is 19.7. The van der Waals surface area contributed by atoms with Crippen molar-refractivity contribution in [2.75, 3.05) is 11.5 Å². The van der Waals surface area contributed by atoms with Crippen LogP contribution in [0.25, 0.3) is 0 Å². The highest BCUT2D eigenvalue weighted by Gasteiger charge is 2.43. The van der Waals surface area contributed by atoms with E-state index in [4.69, 9.17) is 11.5 Å². The van der Waals surface area contributed by atoms with Crippen LogP contribution in [0.3, 0.4) is 0 Å². The van der Waals surface area contributed by atoms with E-state index in [2.05, 4.69) is 9.47 Å². The molecule has 0 bridgehead atoms. The normalized spacial score (nSPS) is 13.3. The van der Waals surface area contributed by atoms with Crippen LogP contribution in [-0.2, 0) is 30.9 Å². The van der Waals surface area contributed by atoms with Gasteiger partial charge >= 0.3 is 30.9 Å². The first kappa shape index (κ1) is 32.3. The number of anilines is 2. The summed E-state index contributed by atoms with van der Waals surface area (Å²) >= 11 is 0. The van der Waals surface area contributed by atoms with Crippen molar-refractivity contribution in [1.29, 1.82) is 0 Å². The van der Waals surface area contributed by atoms with Crippen LogP contribution in [0.5, 0.6) is 23.0 Å². The van der Waals surface area contributed by atoms with Crippen molar-refractivity contribution in [3.8, 4) is 23.0 Å². The van der Waals surface area contributed by atoms with Gasteiger partial charge in [-0.3, -0.25) is 0 Å². The number of rotatable bonds is 4. The Balaban J connectivity index is 2.20. The molecule has 230 valence electrons. The van der Waals surface area contributed by atoms with Gasteiger partial charge in [-0.25, -0.2) is 0 Å². The molecule has 0 saturated carbocycles. The van der Waals surface area contributed by atoms with Crippen LogP contribution in [0.4, 0.5) is 77.2 Å². The van der Waals surface area contributed by atoms with Crippen LogP contribution in [0, 0.1) is 0 Å². The van der Waals surface area contributed by atoms with Gasteiger partial charge in [0.1, 0.15) is 39.7 Å². The van der Waals surface area contributed by atoms with E-state index in [0.29, 0.717) is 6.07 Å². The van der Waals surface area contributed by atoms with Crippen LogP contribution in [-0.4, -0.2) is 0 Å². The molecular weight excluding hydrogens is 621 g/mol. The maximum atomic E-state index is 13.8. The van der Waals surface area contributed by atoms with Gasteiger partial charge in [-0.05, 0) is 42.5 Å². The molecule has 0 heterocycles. The van der Waals surface area contributed by atoms with E-state index in [1.54, 1.807) is 0 Å². The Morgan fingerprint density at radius 1 is 0.429 bits per heavy atom. The Labute approximate surface area is 223 Å². The van der Waals surface area contributed by atoms with Crippen molar-refractivity contribution in [1.82, 2.24) is 0 Å². The molecule has 42 heavy (non-hydrogen) atoms. The minimum atomic E-state index is -5.61. The molecule has 3 rings (SSSR count). The predicted molar refractivity (Wildman–Crippen MR) is 113 cm³/mol. The molecule has 0 atom stereocenters. The molecule has 0 unspecified atom stereocenters. The first-order valence-electron chi connectivity index (χ1n) is 10.5. The highest BCUT2D eigenvalue weighted by Crippen LogP contribution is 2.49. The molecule has 0 aromatic heterocycles. The summed E-state index contributed by atoms with van der Waals surface area (Å²) in [7, 11) is 0. The number of ether oxygens (including phenoxy) is 2. The molecule has 19 heteroatoms. The highest BCUT2D eigenvalue weighted by atomic mass is 19.4. The molecule has 4 N–H and O–H groups in total. The highest BCUT2D eigenvalue weighted by molar-refractivity contribution is 5.61. The summed E-state index contributed by atoms with van der Waals surface area (Å²) in [4.78, 5) is 0. The summed E-state index contributed by atoms with van der Waals surface area (Å²) < 4.78 is 210. The number of hydrogen-bond acceptors (Lipinski definition) is 4. The Hall–Kier alpha value is -4.19. The number of nitrogens with two attached hydrogens (primary N) is 2. The monoisotopic (exact) mass is 632 g/mol. The summed E-state index contributed by atoms with van der Waals surface area (Å²) in [6.07, 6.45) is -27.2. The molecular formula is C23H11F15N2O2. The van der Waals surface area contributed by atoms with E-state index >= 15 is 0 Å². The number of hydrogen-bond donors (Lipinski definition) is 2. The fourth-order valence-electron chi connectivity index (χ4n) is 3.50. The summed E-state index contributed by atoms with van der Waals surface area (Å²) in [5, 5.41) is 0. The lowest BCUT2D eigenvalue weighted by Gasteiger charge is -2.21. The van der Waals surface area contributed by atoms with E-state index in [9.17, 15) is 65.9 Å². The van der Waals surface area contributed by atoms with Crippen molar-refractivity contribution in [3.63, 3.8) is 0 Å². The molecule has 3 aromatic rings. The third-order valence-corrected chi connectivity index (χ3v) is 5.19. The molecule has 3 aromatic carbocycles. The second-order valence-corrected chi connectivity index (χ2v) is 8.23. The van der Waals surface area contributed by atoms with E-state index < -0.39 is 93.1 Å². The Bertz CT molecular complexity index is 1480. The largest absolute Gasteiger partial charge is 0.457 e. The first-order chi connectivity index (χ1) is 18.8. The van der Waals surface area contributed by atoms with Crippen LogP contribution in [0.1, 0.15) is 27.8 Å². The molecule has 0 aliphatic carbocycles. The number of benzene rings is 3. The summed E-state index contributed by atoms with van der Waals surface area (Å²) in [6.45, 7) is 0. The second kappa shape index (κ2) is 10.3. The standard InChI is InChI=1S/C23H11F15N2O2/c24-19(25,26)8-3-12(39)17(22(33,34)35)15(5-8)41-10-1-2-14(11(7-10)21(30,31)32)42-16-6-9(20(27,28)29)4-13(40)18(16)23(36,37)38/h1-7H,39-40H2. The van der Waals surface area contributed by atoms with Gasteiger partial charge in [-0.1, -0.05) is 0 Å². The topological polar surface area (TPSA) is 70.5 Å². The molecule has 0 spiro atoms. The van der Waals surface area contributed by atoms with Crippen LogP contribution >= 0.6 is 0 Å². The Kier molecular flexibility index (Phi) is 7.90. The van der Waals surface area contributed by atoms with Crippen molar-refractivity contribution in [3.05, 3.63) is 70.3 Å². The smallest absolute Gasteiger partial charge is 0.421 e. The zero-order valence-corrected chi connectivity index (χ0v) is 19.7. The lowest BCUT2D eigenvalue weighted by Crippen LogP contribution is -2.15. The fraction of sp³-hybridized carbons (Fsp3) is 0.217. The molecule has 0 aliphatic rings. The maximum absolute atomic E-state index is 13.8. The van der Waals surface area contributed by atoms with E-state index in [1.165, 1.54) is 0 Å². The van der Waals surface area contributed by atoms with E-state index in [0.717, 1.165) is 0 Å². The average molecular weight is 632 g/mol. The van der Waals surface area contributed by atoms with Gasteiger partial charge in [0.05, 0.1) is 11.1 Å². The minimum Gasteiger partial charge on any atom is -0.457 e. The van der Waals surface area contributed by atoms with Crippen molar-refractivity contribution in [2.45, 2.75) is 30.9 Å². The average Bonchev–Trinajstić information content (AvgIpc) is 2.75. The number of nitrogen functional groups attached to an aromatic ring is 2. The van der Waals surface area contributed by atoms with Crippen LogP contribution in [0.15, 0.2) is 42.5 Å². The van der Waals surface area contributed by atoms with Crippen molar-refractivity contribution in [2.24, 2.45) is 0 Å². The van der Waals surface area contributed by atoms with Gasteiger partial charge in [0, 0.05) is 11.4 Å². The van der Waals surface area contributed by atoms with Gasteiger partial charge < -0.3 is 20.9 Å². The quantitative estimate of drug-likeness (QED) is 0.222. The lowest BCUT2D eigenvalue weighted by molar-refractivity contribution is -0.142. The minimum absolute atomic E-state index is 0.104. The van der Waals surface area contributed by atoms with Crippen LogP contribution in [0.2, 0.25) is 0 Å². The Morgan fingerprint density at radius 3 is 1.19 bits per heavy atom. The Morgan fingerprint density at radius 2 is 0.833 bits per heavy atom.